The van der Waals surface area contributed by atoms with Gasteiger partial charge in [0.2, 0.25) is 5.91 Å². The van der Waals surface area contributed by atoms with E-state index in [0.717, 1.165) is 26.1 Å². The molecule has 1 atom stereocenters. The molecular weight excluding hydrogens is 140 g/mol. The van der Waals surface area contributed by atoms with Crippen LogP contribution in [0.5, 0.6) is 0 Å². The van der Waals surface area contributed by atoms with E-state index in [1.807, 2.05) is 14.0 Å². The lowest BCUT2D eigenvalue weighted by atomic mass is 10.1. The van der Waals surface area contributed by atoms with E-state index in [-0.39, 0.29) is 11.8 Å². The van der Waals surface area contributed by atoms with Crippen molar-refractivity contribution in [2.45, 2.75) is 13.3 Å². The van der Waals surface area contributed by atoms with Crippen LogP contribution in [0.15, 0.2) is 0 Å². The van der Waals surface area contributed by atoms with E-state index in [0.29, 0.717) is 0 Å². The number of carbonyl (C=O) groups excluding carboxylic acids is 1. The van der Waals surface area contributed by atoms with Crippen LogP contribution in [0.2, 0.25) is 0 Å². The molecule has 1 unspecified atom stereocenters. The number of hydrogen-bond donors (Lipinski definition) is 1. The molecule has 0 saturated carbocycles. The van der Waals surface area contributed by atoms with E-state index in [9.17, 15) is 4.79 Å². The summed E-state index contributed by atoms with van der Waals surface area (Å²) >= 11 is 0. The van der Waals surface area contributed by atoms with Crippen LogP contribution in [-0.4, -0.2) is 37.5 Å². The van der Waals surface area contributed by atoms with Crippen LogP contribution in [0.4, 0.5) is 0 Å². The molecule has 1 amide bonds. The first kappa shape index (κ1) is 8.53. The first-order valence-electron chi connectivity index (χ1n) is 4.21. The van der Waals surface area contributed by atoms with Crippen molar-refractivity contribution >= 4 is 5.91 Å². The predicted molar refractivity (Wildman–Crippen MR) is 44.3 cm³/mol. The van der Waals surface area contributed by atoms with Gasteiger partial charge in [0.1, 0.15) is 0 Å². The summed E-state index contributed by atoms with van der Waals surface area (Å²) in [5, 5.41) is 3.18. The minimum Gasteiger partial charge on any atom is -0.346 e. The molecule has 0 radical (unpaired) electrons. The lowest BCUT2D eigenvalue weighted by Crippen LogP contribution is -2.33. The first-order valence-corrected chi connectivity index (χ1v) is 4.21. The molecule has 64 valence electrons. The zero-order valence-corrected chi connectivity index (χ0v) is 7.26. The second-order valence-electron chi connectivity index (χ2n) is 3.04. The fourth-order valence-corrected chi connectivity index (χ4v) is 1.33. The molecule has 1 aliphatic heterocycles. The van der Waals surface area contributed by atoms with Crippen LogP contribution in [0.1, 0.15) is 13.3 Å². The normalized spacial score (nSPS) is 23.6. The van der Waals surface area contributed by atoms with E-state index in [4.69, 9.17) is 0 Å². The smallest absolute Gasteiger partial charge is 0.226 e. The van der Waals surface area contributed by atoms with Crippen LogP contribution in [-0.2, 0) is 4.79 Å². The van der Waals surface area contributed by atoms with Gasteiger partial charge < -0.3 is 10.2 Å². The molecule has 1 rings (SSSR count). The van der Waals surface area contributed by atoms with Crippen molar-refractivity contribution in [1.82, 2.24) is 10.2 Å². The van der Waals surface area contributed by atoms with Gasteiger partial charge in [-0.2, -0.15) is 0 Å². The van der Waals surface area contributed by atoms with Crippen LogP contribution in [0.3, 0.4) is 0 Å². The molecule has 0 aromatic carbocycles. The highest BCUT2D eigenvalue weighted by atomic mass is 16.2. The summed E-state index contributed by atoms with van der Waals surface area (Å²) in [6.07, 6.45) is 1.00. The number of rotatable bonds is 2. The molecule has 0 aromatic heterocycles. The molecular formula is C8H16N2O. The topological polar surface area (TPSA) is 32.3 Å². The molecule has 0 aliphatic carbocycles. The van der Waals surface area contributed by atoms with E-state index in [2.05, 4.69) is 5.32 Å². The minimum absolute atomic E-state index is 0.236. The van der Waals surface area contributed by atoms with Gasteiger partial charge in [-0.25, -0.2) is 0 Å². The predicted octanol–water partition coefficient (Wildman–Crippen LogP) is 0.0742. The third kappa shape index (κ3) is 1.93. The third-order valence-corrected chi connectivity index (χ3v) is 2.26. The Morgan fingerprint density at radius 3 is 2.91 bits per heavy atom. The van der Waals surface area contributed by atoms with Gasteiger partial charge in [0, 0.05) is 20.1 Å². The van der Waals surface area contributed by atoms with Gasteiger partial charge in [-0.05, 0) is 19.9 Å². The van der Waals surface area contributed by atoms with Crippen LogP contribution >= 0.6 is 0 Å². The maximum atomic E-state index is 11.5. The van der Waals surface area contributed by atoms with Crippen LogP contribution in [0.25, 0.3) is 0 Å². The average molecular weight is 156 g/mol. The SMILES string of the molecule is CCN(C)C(=O)C1CCNC1. The first-order chi connectivity index (χ1) is 5.25. The Kier molecular flexibility index (Phi) is 2.88. The van der Waals surface area contributed by atoms with Crippen molar-refractivity contribution in [3.8, 4) is 0 Å². The summed E-state index contributed by atoms with van der Waals surface area (Å²) in [5.41, 5.74) is 0. The molecule has 3 nitrogen and oxygen atoms in total. The Hall–Kier alpha value is -0.570. The fraction of sp³-hybridized carbons (Fsp3) is 0.875. The number of nitrogens with zero attached hydrogens (tertiary/aromatic N) is 1. The molecule has 0 spiro atoms. The average Bonchev–Trinajstić information content (AvgIpc) is 2.53. The Morgan fingerprint density at radius 2 is 2.45 bits per heavy atom. The number of hydrogen-bond acceptors (Lipinski definition) is 2. The molecule has 0 bridgehead atoms. The second-order valence-corrected chi connectivity index (χ2v) is 3.04. The van der Waals surface area contributed by atoms with Crippen molar-refractivity contribution < 1.29 is 4.79 Å². The van der Waals surface area contributed by atoms with Gasteiger partial charge in [0.05, 0.1) is 5.92 Å². The van der Waals surface area contributed by atoms with Crippen molar-refractivity contribution in [2.75, 3.05) is 26.7 Å². The van der Waals surface area contributed by atoms with Crippen LogP contribution < -0.4 is 5.32 Å². The standard InChI is InChI=1S/C8H16N2O/c1-3-10(2)8(11)7-4-5-9-6-7/h7,9H,3-6H2,1-2H3. The summed E-state index contributed by atoms with van der Waals surface area (Å²) in [4.78, 5) is 13.3. The molecule has 11 heavy (non-hydrogen) atoms. The Labute approximate surface area is 67.8 Å². The number of nitrogens with one attached hydrogen (secondary N) is 1. The maximum Gasteiger partial charge on any atom is 0.226 e. The van der Waals surface area contributed by atoms with Gasteiger partial charge in [0.25, 0.3) is 0 Å². The zero-order valence-electron chi connectivity index (χ0n) is 7.26. The van der Waals surface area contributed by atoms with Gasteiger partial charge in [0.15, 0.2) is 0 Å². The quantitative estimate of drug-likeness (QED) is 0.614. The molecule has 1 aliphatic rings. The van der Waals surface area contributed by atoms with E-state index >= 15 is 0 Å². The van der Waals surface area contributed by atoms with Crippen molar-refractivity contribution in [3.63, 3.8) is 0 Å². The summed E-state index contributed by atoms with van der Waals surface area (Å²) in [6, 6.07) is 0. The lowest BCUT2D eigenvalue weighted by molar-refractivity contribution is -0.133. The van der Waals surface area contributed by atoms with E-state index < -0.39 is 0 Å². The van der Waals surface area contributed by atoms with Gasteiger partial charge in [-0.15, -0.1) is 0 Å². The fourth-order valence-electron chi connectivity index (χ4n) is 1.33. The molecule has 1 heterocycles. The Bertz CT molecular complexity index is 141. The highest BCUT2D eigenvalue weighted by molar-refractivity contribution is 5.79. The second kappa shape index (κ2) is 3.72. The van der Waals surface area contributed by atoms with Crippen molar-refractivity contribution in [3.05, 3.63) is 0 Å². The van der Waals surface area contributed by atoms with Gasteiger partial charge in [-0.3, -0.25) is 4.79 Å². The van der Waals surface area contributed by atoms with Gasteiger partial charge >= 0.3 is 0 Å². The lowest BCUT2D eigenvalue weighted by Gasteiger charge is -2.18. The molecule has 3 heteroatoms. The Morgan fingerprint density at radius 1 is 1.73 bits per heavy atom. The molecule has 1 saturated heterocycles. The number of carbonyl (C=O) groups is 1. The highest BCUT2D eigenvalue weighted by Gasteiger charge is 2.24. The summed E-state index contributed by atoms with van der Waals surface area (Å²) < 4.78 is 0. The highest BCUT2D eigenvalue weighted by Crippen LogP contribution is 2.09. The molecule has 1 N–H and O–H groups in total. The molecule has 1 fully saturated rings. The molecule has 0 aromatic rings. The van der Waals surface area contributed by atoms with E-state index in [1.165, 1.54) is 0 Å². The van der Waals surface area contributed by atoms with E-state index in [1.54, 1.807) is 4.90 Å². The zero-order chi connectivity index (χ0) is 8.27. The van der Waals surface area contributed by atoms with Crippen molar-refractivity contribution in [1.29, 1.82) is 0 Å². The van der Waals surface area contributed by atoms with Gasteiger partial charge in [-0.1, -0.05) is 0 Å². The van der Waals surface area contributed by atoms with Crippen LogP contribution in [0, 0.1) is 5.92 Å². The Balaban J connectivity index is 2.39. The summed E-state index contributed by atoms with van der Waals surface area (Å²) in [7, 11) is 1.86. The monoisotopic (exact) mass is 156 g/mol. The maximum absolute atomic E-state index is 11.5. The summed E-state index contributed by atoms with van der Waals surface area (Å²) in [6.45, 7) is 4.67. The third-order valence-electron chi connectivity index (χ3n) is 2.26. The minimum atomic E-state index is 0.236. The largest absolute Gasteiger partial charge is 0.346 e. The van der Waals surface area contributed by atoms with Crippen molar-refractivity contribution in [2.24, 2.45) is 5.92 Å². The summed E-state index contributed by atoms with van der Waals surface area (Å²) in [5.74, 6) is 0.525. The number of amides is 1.